The molecule has 0 radical (unpaired) electrons. The molecule has 1 amide bonds. The molecule has 9 heteroatoms. The molecule has 1 unspecified atom stereocenters. The Morgan fingerprint density at radius 1 is 0.939 bits per heavy atom. The first kappa shape index (κ1) is 23.0. The van der Waals surface area contributed by atoms with E-state index in [1.165, 1.54) is 11.3 Å². The van der Waals surface area contributed by atoms with Crippen LogP contribution in [-0.2, 0) is 14.8 Å². The topological polar surface area (TPSA) is 101 Å². The minimum atomic E-state index is -3.92. The second-order valence-corrected chi connectivity index (χ2v) is 10.8. The normalized spacial score (nSPS) is 12.7. The molecule has 0 bridgehead atoms. The van der Waals surface area contributed by atoms with Gasteiger partial charge in [-0.15, -0.1) is 10.2 Å². The van der Waals surface area contributed by atoms with Gasteiger partial charge < -0.3 is 0 Å². The highest BCUT2D eigenvalue weighted by Crippen LogP contribution is 2.27. The number of hydrogen-bond acceptors (Lipinski definition) is 6. The van der Waals surface area contributed by atoms with Gasteiger partial charge in [-0.3, -0.25) is 10.1 Å². The summed E-state index contributed by atoms with van der Waals surface area (Å²) in [6.45, 7) is 5.55. The number of rotatable bonds is 7. The van der Waals surface area contributed by atoms with Crippen molar-refractivity contribution < 1.29 is 13.2 Å². The monoisotopic (exact) mass is 480 g/mol. The largest absolute Gasteiger partial charge is 0.299 e. The van der Waals surface area contributed by atoms with Gasteiger partial charge in [-0.25, -0.2) is 8.42 Å². The lowest BCUT2D eigenvalue weighted by atomic mass is 10.1. The van der Waals surface area contributed by atoms with Crippen molar-refractivity contribution in [2.45, 2.75) is 31.7 Å². The Balaban J connectivity index is 1.52. The fraction of sp³-hybridized carbons (Fsp3) is 0.208. The third-order valence-electron chi connectivity index (χ3n) is 5.18. The van der Waals surface area contributed by atoms with Crippen molar-refractivity contribution in [3.8, 4) is 10.6 Å². The Hall–Kier alpha value is -3.14. The van der Waals surface area contributed by atoms with E-state index in [0.717, 1.165) is 21.9 Å². The number of anilines is 1. The molecule has 0 fully saturated rings. The predicted octanol–water partition coefficient (Wildman–Crippen LogP) is 4.61. The highest BCUT2D eigenvalue weighted by atomic mass is 32.2. The first-order valence-electron chi connectivity index (χ1n) is 10.5. The highest BCUT2D eigenvalue weighted by molar-refractivity contribution is 7.89. The Morgan fingerprint density at radius 3 is 2.42 bits per heavy atom. The fourth-order valence-electron chi connectivity index (χ4n) is 3.41. The van der Waals surface area contributed by atoms with Crippen molar-refractivity contribution in [2.75, 3.05) is 5.32 Å². The first-order valence-corrected chi connectivity index (χ1v) is 12.8. The van der Waals surface area contributed by atoms with Gasteiger partial charge in [0.25, 0.3) is 0 Å². The molecule has 0 aliphatic carbocycles. The molecule has 0 saturated heterocycles. The van der Waals surface area contributed by atoms with Crippen molar-refractivity contribution in [3.63, 3.8) is 0 Å². The van der Waals surface area contributed by atoms with E-state index in [-0.39, 0.29) is 10.8 Å². The van der Waals surface area contributed by atoms with E-state index in [9.17, 15) is 13.2 Å². The van der Waals surface area contributed by atoms with Gasteiger partial charge >= 0.3 is 0 Å². The lowest BCUT2D eigenvalue weighted by Crippen LogP contribution is -2.47. The lowest BCUT2D eigenvalue weighted by molar-refractivity contribution is -0.118. The summed E-state index contributed by atoms with van der Waals surface area (Å²) in [4.78, 5) is 13.1. The van der Waals surface area contributed by atoms with Crippen LogP contribution in [0.2, 0.25) is 0 Å². The standard InChI is InChI=1S/C24H24N4O3S2/c1-15(2)21(28-33(30,31)20-12-11-17-8-4-5-9-18(17)14-20)22(29)25-24-27-26-23(32-24)19-10-6-7-16(3)13-19/h4-15,21,28H,1-3H3,(H,25,27,29). The molecule has 33 heavy (non-hydrogen) atoms. The van der Waals surface area contributed by atoms with Crippen molar-refractivity contribution in [1.29, 1.82) is 0 Å². The van der Waals surface area contributed by atoms with Crippen molar-refractivity contribution in [2.24, 2.45) is 5.92 Å². The Bertz CT molecular complexity index is 1410. The van der Waals surface area contributed by atoms with Crippen LogP contribution in [0.25, 0.3) is 21.3 Å². The van der Waals surface area contributed by atoms with Crippen LogP contribution in [0.4, 0.5) is 5.13 Å². The predicted molar refractivity (Wildman–Crippen MR) is 132 cm³/mol. The summed E-state index contributed by atoms with van der Waals surface area (Å²) in [5.74, 6) is -0.772. The molecular weight excluding hydrogens is 456 g/mol. The molecule has 1 atom stereocenters. The van der Waals surface area contributed by atoms with Gasteiger partial charge in [-0.2, -0.15) is 4.72 Å². The van der Waals surface area contributed by atoms with Crippen LogP contribution in [0, 0.1) is 12.8 Å². The summed E-state index contributed by atoms with van der Waals surface area (Å²) < 4.78 is 28.7. The molecule has 4 aromatic rings. The molecule has 0 spiro atoms. The molecule has 2 N–H and O–H groups in total. The third-order valence-corrected chi connectivity index (χ3v) is 7.51. The van der Waals surface area contributed by atoms with E-state index in [1.807, 2.05) is 55.5 Å². The summed E-state index contributed by atoms with van der Waals surface area (Å²) in [7, 11) is -3.92. The number of fused-ring (bicyclic) bond motifs is 1. The fourth-order valence-corrected chi connectivity index (χ4v) is 5.54. The van der Waals surface area contributed by atoms with Gasteiger partial charge in [0.05, 0.1) is 4.90 Å². The minimum absolute atomic E-state index is 0.109. The average Bonchev–Trinajstić information content (AvgIpc) is 3.25. The Morgan fingerprint density at radius 2 is 1.70 bits per heavy atom. The van der Waals surface area contributed by atoms with Crippen LogP contribution < -0.4 is 10.0 Å². The van der Waals surface area contributed by atoms with Crippen LogP contribution in [0.5, 0.6) is 0 Å². The van der Waals surface area contributed by atoms with E-state index >= 15 is 0 Å². The summed E-state index contributed by atoms with van der Waals surface area (Å²) in [6, 6.07) is 19.3. The van der Waals surface area contributed by atoms with E-state index < -0.39 is 22.0 Å². The molecule has 1 heterocycles. The Labute approximate surface area is 196 Å². The van der Waals surface area contributed by atoms with Crippen LogP contribution in [-0.4, -0.2) is 30.6 Å². The quantitative estimate of drug-likeness (QED) is 0.402. The summed E-state index contributed by atoms with van der Waals surface area (Å²) in [5, 5.41) is 13.6. The molecule has 4 rings (SSSR count). The summed E-state index contributed by atoms with van der Waals surface area (Å²) >= 11 is 1.24. The van der Waals surface area contributed by atoms with Gasteiger partial charge in [0.1, 0.15) is 11.0 Å². The second kappa shape index (κ2) is 9.38. The third kappa shape index (κ3) is 5.27. The zero-order valence-electron chi connectivity index (χ0n) is 18.4. The average molecular weight is 481 g/mol. The number of carbonyl (C=O) groups is 1. The number of hydrogen-bond donors (Lipinski definition) is 2. The Kier molecular flexibility index (Phi) is 6.55. The lowest BCUT2D eigenvalue weighted by Gasteiger charge is -2.21. The molecule has 0 aliphatic rings. The van der Waals surface area contributed by atoms with Crippen molar-refractivity contribution in [3.05, 3.63) is 72.3 Å². The molecule has 0 aliphatic heterocycles. The number of aromatic nitrogens is 2. The molecule has 170 valence electrons. The number of carbonyl (C=O) groups excluding carboxylic acids is 1. The van der Waals surface area contributed by atoms with Gasteiger partial charge in [0.2, 0.25) is 21.1 Å². The van der Waals surface area contributed by atoms with Crippen LogP contribution >= 0.6 is 11.3 Å². The van der Waals surface area contributed by atoms with Gasteiger partial charge in [0.15, 0.2) is 0 Å². The minimum Gasteiger partial charge on any atom is -0.299 e. The maximum atomic E-state index is 13.1. The summed E-state index contributed by atoms with van der Waals surface area (Å²) in [6.07, 6.45) is 0. The number of aryl methyl sites for hydroxylation is 1. The zero-order chi connectivity index (χ0) is 23.6. The first-order chi connectivity index (χ1) is 15.7. The molecule has 3 aromatic carbocycles. The van der Waals surface area contributed by atoms with Crippen molar-refractivity contribution >= 4 is 43.2 Å². The smallest absolute Gasteiger partial charge is 0.244 e. The van der Waals surface area contributed by atoms with E-state index in [1.54, 1.807) is 32.0 Å². The van der Waals surface area contributed by atoms with E-state index in [2.05, 4.69) is 20.2 Å². The van der Waals surface area contributed by atoms with Gasteiger partial charge in [0, 0.05) is 5.56 Å². The van der Waals surface area contributed by atoms with Crippen LogP contribution in [0.3, 0.4) is 0 Å². The number of sulfonamides is 1. The molecule has 1 aromatic heterocycles. The molecular formula is C24H24N4O3S2. The molecule has 0 saturated carbocycles. The van der Waals surface area contributed by atoms with E-state index in [0.29, 0.717) is 10.1 Å². The maximum absolute atomic E-state index is 13.1. The number of nitrogens with one attached hydrogen (secondary N) is 2. The number of nitrogens with zero attached hydrogens (tertiary/aromatic N) is 2. The van der Waals surface area contributed by atoms with Crippen LogP contribution in [0.1, 0.15) is 19.4 Å². The zero-order valence-corrected chi connectivity index (χ0v) is 20.1. The SMILES string of the molecule is Cc1cccc(-c2nnc(NC(=O)C(NS(=O)(=O)c3ccc4ccccc4c3)C(C)C)s2)c1. The van der Waals surface area contributed by atoms with E-state index in [4.69, 9.17) is 0 Å². The number of benzene rings is 3. The van der Waals surface area contributed by atoms with Gasteiger partial charge in [-0.05, 0) is 41.8 Å². The van der Waals surface area contributed by atoms with Crippen molar-refractivity contribution in [1.82, 2.24) is 14.9 Å². The summed E-state index contributed by atoms with van der Waals surface area (Å²) in [5.41, 5.74) is 2.00. The molecule has 7 nitrogen and oxygen atoms in total. The number of amides is 1. The maximum Gasteiger partial charge on any atom is 0.244 e. The van der Waals surface area contributed by atoms with Gasteiger partial charge in [-0.1, -0.05) is 79.3 Å². The second-order valence-electron chi connectivity index (χ2n) is 8.12. The van der Waals surface area contributed by atoms with Crippen LogP contribution in [0.15, 0.2) is 71.6 Å². The highest BCUT2D eigenvalue weighted by Gasteiger charge is 2.29.